The SMILES string of the molecule is COCCNCCNS(=O)(=O)c1ccc(Br)c(C)c1.Cl. The predicted molar refractivity (Wildman–Crippen MR) is 86.1 cm³/mol. The summed E-state index contributed by atoms with van der Waals surface area (Å²) >= 11 is 3.35. The normalized spacial score (nSPS) is 11.2. The van der Waals surface area contributed by atoms with Gasteiger partial charge in [-0.25, -0.2) is 13.1 Å². The minimum absolute atomic E-state index is 0. The van der Waals surface area contributed by atoms with E-state index < -0.39 is 10.0 Å². The van der Waals surface area contributed by atoms with Gasteiger partial charge in [-0.3, -0.25) is 0 Å². The zero-order valence-electron chi connectivity index (χ0n) is 11.5. The molecule has 0 saturated heterocycles. The molecular formula is C12H20BrClN2O3S. The molecule has 0 radical (unpaired) electrons. The maximum Gasteiger partial charge on any atom is 0.240 e. The van der Waals surface area contributed by atoms with E-state index in [0.717, 1.165) is 10.0 Å². The van der Waals surface area contributed by atoms with Crippen molar-refractivity contribution in [2.75, 3.05) is 33.4 Å². The molecule has 0 aromatic heterocycles. The molecule has 0 aliphatic rings. The summed E-state index contributed by atoms with van der Waals surface area (Å²) < 4.78 is 32.3. The molecule has 20 heavy (non-hydrogen) atoms. The van der Waals surface area contributed by atoms with Crippen LogP contribution >= 0.6 is 28.3 Å². The molecule has 0 saturated carbocycles. The minimum Gasteiger partial charge on any atom is -0.383 e. The third-order valence-electron chi connectivity index (χ3n) is 2.52. The van der Waals surface area contributed by atoms with Crippen LogP contribution in [0.4, 0.5) is 0 Å². The first kappa shape index (κ1) is 19.8. The zero-order chi connectivity index (χ0) is 14.3. The highest BCUT2D eigenvalue weighted by atomic mass is 79.9. The smallest absolute Gasteiger partial charge is 0.240 e. The molecule has 0 spiro atoms. The second-order valence-corrected chi connectivity index (χ2v) is 6.67. The van der Waals surface area contributed by atoms with Gasteiger partial charge in [-0.05, 0) is 30.7 Å². The molecule has 1 aromatic carbocycles. The van der Waals surface area contributed by atoms with Gasteiger partial charge in [0.1, 0.15) is 0 Å². The zero-order valence-corrected chi connectivity index (χ0v) is 14.7. The summed E-state index contributed by atoms with van der Waals surface area (Å²) in [5.74, 6) is 0. The molecule has 0 fully saturated rings. The molecule has 0 amide bonds. The highest BCUT2D eigenvalue weighted by Crippen LogP contribution is 2.19. The first-order valence-corrected chi connectivity index (χ1v) is 8.20. The van der Waals surface area contributed by atoms with E-state index in [0.29, 0.717) is 26.2 Å². The predicted octanol–water partition coefficient (Wildman–Crippen LogP) is 1.69. The maximum atomic E-state index is 12.0. The molecule has 0 unspecified atom stereocenters. The van der Waals surface area contributed by atoms with Crippen LogP contribution in [0.3, 0.4) is 0 Å². The molecular weight excluding hydrogens is 368 g/mol. The number of sulfonamides is 1. The molecule has 5 nitrogen and oxygen atoms in total. The quantitative estimate of drug-likeness (QED) is 0.666. The van der Waals surface area contributed by atoms with Crippen LogP contribution in [0.5, 0.6) is 0 Å². The monoisotopic (exact) mass is 386 g/mol. The fourth-order valence-corrected chi connectivity index (χ4v) is 2.80. The largest absolute Gasteiger partial charge is 0.383 e. The number of ether oxygens (including phenoxy) is 1. The number of aryl methyl sites for hydroxylation is 1. The first-order valence-electron chi connectivity index (χ1n) is 5.93. The molecule has 0 aliphatic carbocycles. The Balaban J connectivity index is 0.00000361. The van der Waals surface area contributed by atoms with Gasteiger partial charge in [0.05, 0.1) is 11.5 Å². The van der Waals surface area contributed by atoms with Crippen molar-refractivity contribution in [2.24, 2.45) is 0 Å². The molecule has 0 atom stereocenters. The van der Waals surface area contributed by atoms with Gasteiger partial charge in [0.15, 0.2) is 0 Å². The van der Waals surface area contributed by atoms with E-state index in [1.54, 1.807) is 25.3 Å². The topological polar surface area (TPSA) is 67.4 Å². The molecule has 8 heteroatoms. The Morgan fingerprint density at radius 1 is 1.25 bits per heavy atom. The molecule has 1 rings (SSSR count). The van der Waals surface area contributed by atoms with E-state index in [9.17, 15) is 8.42 Å². The summed E-state index contributed by atoms with van der Waals surface area (Å²) in [5, 5.41) is 3.07. The number of benzene rings is 1. The number of nitrogens with one attached hydrogen (secondary N) is 2. The molecule has 0 bridgehead atoms. The fourth-order valence-electron chi connectivity index (χ4n) is 1.44. The van der Waals surface area contributed by atoms with E-state index in [4.69, 9.17) is 4.74 Å². The van der Waals surface area contributed by atoms with Gasteiger partial charge >= 0.3 is 0 Å². The van der Waals surface area contributed by atoms with Crippen LogP contribution in [0.15, 0.2) is 27.6 Å². The number of hydrogen-bond donors (Lipinski definition) is 2. The van der Waals surface area contributed by atoms with Crippen molar-refractivity contribution in [2.45, 2.75) is 11.8 Å². The van der Waals surface area contributed by atoms with Gasteiger partial charge in [0.2, 0.25) is 10.0 Å². The Morgan fingerprint density at radius 3 is 2.55 bits per heavy atom. The average Bonchev–Trinajstić information content (AvgIpc) is 2.36. The van der Waals surface area contributed by atoms with Crippen molar-refractivity contribution >= 4 is 38.4 Å². The summed E-state index contributed by atoms with van der Waals surface area (Å²) in [7, 11) is -1.81. The van der Waals surface area contributed by atoms with E-state index >= 15 is 0 Å². The van der Waals surface area contributed by atoms with Gasteiger partial charge in [0.25, 0.3) is 0 Å². The highest BCUT2D eigenvalue weighted by Gasteiger charge is 2.13. The van der Waals surface area contributed by atoms with Crippen molar-refractivity contribution in [1.29, 1.82) is 0 Å². The number of rotatable bonds is 8. The van der Waals surface area contributed by atoms with Crippen molar-refractivity contribution < 1.29 is 13.2 Å². The van der Waals surface area contributed by atoms with Crippen LogP contribution in [0.1, 0.15) is 5.56 Å². The lowest BCUT2D eigenvalue weighted by Gasteiger charge is -2.09. The van der Waals surface area contributed by atoms with Crippen LogP contribution in [-0.2, 0) is 14.8 Å². The molecule has 0 aliphatic heterocycles. The average molecular weight is 388 g/mol. The van der Waals surface area contributed by atoms with Crippen molar-refractivity contribution in [3.63, 3.8) is 0 Å². The molecule has 116 valence electrons. The Hall–Kier alpha value is -0.180. The van der Waals surface area contributed by atoms with Crippen LogP contribution < -0.4 is 10.0 Å². The van der Waals surface area contributed by atoms with Crippen molar-refractivity contribution in [3.8, 4) is 0 Å². The van der Waals surface area contributed by atoms with Crippen molar-refractivity contribution in [1.82, 2.24) is 10.0 Å². The molecule has 1 aromatic rings. The van der Waals surface area contributed by atoms with Gasteiger partial charge in [-0.15, -0.1) is 12.4 Å². The second-order valence-electron chi connectivity index (χ2n) is 4.05. The lowest BCUT2D eigenvalue weighted by atomic mass is 10.2. The van der Waals surface area contributed by atoms with Crippen LogP contribution in [0, 0.1) is 6.92 Å². The Labute approximate surface area is 135 Å². The summed E-state index contributed by atoms with van der Waals surface area (Å²) in [6.45, 7) is 4.09. The van der Waals surface area contributed by atoms with Crippen LogP contribution in [0.2, 0.25) is 0 Å². The van der Waals surface area contributed by atoms with E-state index in [-0.39, 0.29) is 17.3 Å². The van der Waals surface area contributed by atoms with Crippen LogP contribution in [0.25, 0.3) is 0 Å². The summed E-state index contributed by atoms with van der Waals surface area (Å²) in [4.78, 5) is 0.282. The Bertz CT molecular complexity index is 511. The van der Waals surface area contributed by atoms with Crippen molar-refractivity contribution in [3.05, 3.63) is 28.2 Å². The Morgan fingerprint density at radius 2 is 1.95 bits per heavy atom. The van der Waals surface area contributed by atoms with Gasteiger partial charge < -0.3 is 10.1 Å². The van der Waals surface area contributed by atoms with Gasteiger partial charge in [0, 0.05) is 31.2 Å². The van der Waals surface area contributed by atoms with E-state index in [2.05, 4.69) is 26.0 Å². The van der Waals surface area contributed by atoms with E-state index in [1.807, 2.05) is 6.92 Å². The number of halogens is 2. The summed E-state index contributed by atoms with van der Waals surface area (Å²) in [5.41, 5.74) is 0.890. The van der Waals surface area contributed by atoms with Gasteiger partial charge in [-0.1, -0.05) is 15.9 Å². The Kier molecular flexibility index (Phi) is 9.61. The van der Waals surface area contributed by atoms with Crippen LogP contribution in [-0.4, -0.2) is 41.8 Å². The molecule has 2 N–H and O–H groups in total. The first-order chi connectivity index (χ1) is 8.97. The maximum absolute atomic E-state index is 12.0. The number of methoxy groups -OCH3 is 1. The molecule has 0 heterocycles. The summed E-state index contributed by atoms with van der Waals surface area (Å²) in [6.07, 6.45) is 0. The lowest BCUT2D eigenvalue weighted by molar-refractivity contribution is 0.199. The standard InChI is InChI=1S/C12H19BrN2O3S.ClH/c1-10-9-11(3-4-12(10)13)19(16,17)15-6-5-14-7-8-18-2;/h3-4,9,14-15H,5-8H2,1-2H3;1H. The third-order valence-corrected chi connectivity index (χ3v) is 4.86. The van der Waals surface area contributed by atoms with E-state index in [1.165, 1.54) is 0 Å². The second kappa shape index (κ2) is 9.70. The summed E-state index contributed by atoms with van der Waals surface area (Å²) in [6, 6.07) is 4.96. The number of hydrogen-bond acceptors (Lipinski definition) is 4. The minimum atomic E-state index is -3.43. The third kappa shape index (κ3) is 6.51. The van der Waals surface area contributed by atoms with Gasteiger partial charge in [-0.2, -0.15) is 0 Å². The fraction of sp³-hybridized carbons (Fsp3) is 0.500. The highest BCUT2D eigenvalue weighted by molar-refractivity contribution is 9.10. The lowest BCUT2D eigenvalue weighted by Crippen LogP contribution is -2.33.